The number of ether oxygens (including phenoxy) is 1. The fraction of sp³-hybridized carbons (Fsp3) is 0.875. The van der Waals surface area contributed by atoms with Gasteiger partial charge in [-0.2, -0.15) is 0 Å². The molecule has 160 valence electrons. The zero-order valence-corrected chi connectivity index (χ0v) is 18.3. The van der Waals surface area contributed by atoms with Crippen LogP contribution in [0.2, 0.25) is 0 Å². The van der Waals surface area contributed by atoms with Gasteiger partial charge in [0.25, 0.3) is 0 Å². The first-order valence-electron chi connectivity index (χ1n) is 11.7. The van der Waals surface area contributed by atoms with Crippen molar-refractivity contribution in [3.05, 3.63) is 11.6 Å². The highest BCUT2D eigenvalue weighted by Crippen LogP contribution is 2.14. The van der Waals surface area contributed by atoms with Gasteiger partial charge in [-0.15, -0.1) is 0 Å². The van der Waals surface area contributed by atoms with Gasteiger partial charge >= 0.3 is 5.97 Å². The average molecular weight is 383 g/mol. The van der Waals surface area contributed by atoms with Crippen LogP contribution in [0.3, 0.4) is 0 Å². The van der Waals surface area contributed by atoms with Crippen molar-refractivity contribution in [3.63, 3.8) is 0 Å². The quantitative estimate of drug-likeness (QED) is 0.138. The first-order valence-corrected chi connectivity index (χ1v) is 11.7. The van der Waals surface area contributed by atoms with Crippen LogP contribution in [-0.4, -0.2) is 24.3 Å². The van der Waals surface area contributed by atoms with Crippen LogP contribution in [0.15, 0.2) is 11.6 Å². The second-order valence-corrected chi connectivity index (χ2v) is 7.84. The van der Waals surface area contributed by atoms with Gasteiger partial charge in [0.1, 0.15) is 6.61 Å². The summed E-state index contributed by atoms with van der Waals surface area (Å²) in [5, 5.41) is 8.63. The van der Waals surface area contributed by atoms with E-state index in [4.69, 9.17) is 9.84 Å². The number of aliphatic hydroxyl groups excluding tert-OH is 1. The Balaban J connectivity index is 3.24. The summed E-state index contributed by atoms with van der Waals surface area (Å²) in [5.41, 5.74) is 0.657. The monoisotopic (exact) mass is 382 g/mol. The Labute approximate surface area is 169 Å². The number of unbranched alkanes of at least 4 members (excludes halogenated alkanes) is 16. The molecule has 27 heavy (non-hydrogen) atoms. The van der Waals surface area contributed by atoms with Crippen molar-refractivity contribution in [2.75, 3.05) is 13.2 Å². The number of esters is 1. The second kappa shape index (κ2) is 21.5. The molecule has 3 heteroatoms. The Bertz CT molecular complexity index is 350. The Kier molecular flexibility index (Phi) is 20.8. The summed E-state index contributed by atoms with van der Waals surface area (Å²) in [6.45, 7) is 4.04. The van der Waals surface area contributed by atoms with Crippen LogP contribution < -0.4 is 0 Å². The van der Waals surface area contributed by atoms with E-state index < -0.39 is 0 Å². The number of carbonyl (C=O) groups is 1. The predicted molar refractivity (Wildman–Crippen MR) is 116 cm³/mol. The van der Waals surface area contributed by atoms with Gasteiger partial charge in [-0.1, -0.05) is 109 Å². The van der Waals surface area contributed by atoms with Crippen LogP contribution in [-0.2, 0) is 9.53 Å². The Morgan fingerprint density at radius 1 is 0.741 bits per heavy atom. The molecule has 0 atom stereocenters. The van der Waals surface area contributed by atoms with Crippen molar-refractivity contribution in [3.8, 4) is 0 Å². The van der Waals surface area contributed by atoms with Gasteiger partial charge in [0.05, 0.1) is 6.61 Å². The van der Waals surface area contributed by atoms with Gasteiger partial charge in [0.2, 0.25) is 0 Å². The van der Waals surface area contributed by atoms with Gasteiger partial charge < -0.3 is 9.84 Å². The normalized spacial score (nSPS) is 11.7. The van der Waals surface area contributed by atoms with E-state index in [1.807, 2.05) is 6.08 Å². The SMILES string of the molecule is CCCCCCCCCCCCCCCCCCC=C(C)C(=O)OCCO. The van der Waals surface area contributed by atoms with E-state index in [1.165, 1.54) is 96.3 Å². The topological polar surface area (TPSA) is 46.5 Å². The Morgan fingerprint density at radius 3 is 1.56 bits per heavy atom. The molecule has 0 amide bonds. The summed E-state index contributed by atoms with van der Waals surface area (Å²) >= 11 is 0. The molecule has 0 heterocycles. The molecule has 1 N–H and O–H groups in total. The van der Waals surface area contributed by atoms with E-state index >= 15 is 0 Å². The van der Waals surface area contributed by atoms with E-state index in [0.29, 0.717) is 5.57 Å². The number of carbonyl (C=O) groups excluding carboxylic acids is 1. The molecule has 0 saturated carbocycles. The minimum Gasteiger partial charge on any atom is -0.460 e. The van der Waals surface area contributed by atoms with Crippen LogP contribution in [0.1, 0.15) is 123 Å². The fourth-order valence-corrected chi connectivity index (χ4v) is 3.35. The van der Waals surface area contributed by atoms with Crippen molar-refractivity contribution in [1.29, 1.82) is 0 Å². The highest BCUT2D eigenvalue weighted by Gasteiger charge is 2.04. The maximum absolute atomic E-state index is 11.5. The molecule has 0 radical (unpaired) electrons. The number of aliphatic hydroxyl groups is 1. The lowest BCUT2D eigenvalue weighted by Gasteiger charge is -2.04. The molecule has 0 aromatic rings. The molecule has 0 spiro atoms. The number of hydrogen-bond donors (Lipinski definition) is 1. The van der Waals surface area contributed by atoms with Gasteiger partial charge in [-0.05, 0) is 19.8 Å². The average Bonchev–Trinajstić information content (AvgIpc) is 2.68. The third-order valence-electron chi connectivity index (χ3n) is 5.15. The van der Waals surface area contributed by atoms with Gasteiger partial charge in [-0.3, -0.25) is 0 Å². The van der Waals surface area contributed by atoms with Crippen LogP contribution in [0.4, 0.5) is 0 Å². The molecule has 0 bridgehead atoms. The van der Waals surface area contributed by atoms with E-state index in [1.54, 1.807) is 6.92 Å². The van der Waals surface area contributed by atoms with E-state index in [-0.39, 0.29) is 19.2 Å². The molecule has 0 aromatic heterocycles. The highest BCUT2D eigenvalue weighted by molar-refractivity contribution is 5.87. The molecule has 0 fully saturated rings. The Morgan fingerprint density at radius 2 is 1.15 bits per heavy atom. The van der Waals surface area contributed by atoms with E-state index in [9.17, 15) is 4.79 Å². The standard InChI is InChI=1S/C24H46O3/c1-3-4-5-6-7-8-9-10-11-12-13-14-15-16-17-18-19-20-23(2)24(26)27-22-21-25/h20,25H,3-19,21-22H2,1-2H3. The van der Waals surface area contributed by atoms with Crippen LogP contribution >= 0.6 is 0 Å². The molecule has 3 nitrogen and oxygen atoms in total. The van der Waals surface area contributed by atoms with Crippen molar-refractivity contribution < 1.29 is 14.6 Å². The van der Waals surface area contributed by atoms with Crippen molar-refractivity contribution in [2.24, 2.45) is 0 Å². The molecular formula is C24H46O3. The summed E-state index contributed by atoms with van der Waals surface area (Å²) in [6.07, 6.45) is 24.9. The zero-order chi connectivity index (χ0) is 20.0. The third-order valence-corrected chi connectivity index (χ3v) is 5.15. The van der Waals surface area contributed by atoms with Gasteiger partial charge in [0, 0.05) is 5.57 Å². The van der Waals surface area contributed by atoms with Crippen molar-refractivity contribution in [1.82, 2.24) is 0 Å². The van der Waals surface area contributed by atoms with Crippen LogP contribution in [0.5, 0.6) is 0 Å². The maximum Gasteiger partial charge on any atom is 0.333 e. The van der Waals surface area contributed by atoms with Crippen LogP contribution in [0.25, 0.3) is 0 Å². The molecule has 0 aromatic carbocycles. The minimum atomic E-state index is -0.305. The first kappa shape index (κ1) is 26.2. The lowest BCUT2D eigenvalue weighted by Crippen LogP contribution is -2.09. The number of rotatable bonds is 20. The summed E-state index contributed by atoms with van der Waals surface area (Å²) in [6, 6.07) is 0. The summed E-state index contributed by atoms with van der Waals surface area (Å²) in [4.78, 5) is 11.5. The molecule has 0 saturated heterocycles. The molecule has 0 unspecified atom stereocenters. The molecule has 0 aliphatic carbocycles. The highest BCUT2D eigenvalue weighted by atomic mass is 16.5. The number of hydrogen-bond acceptors (Lipinski definition) is 3. The lowest BCUT2D eigenvalue weighted by molar-refractivity contribution is -0.139. The zero-order valence-electron chi connectivity index (χ0n) is 18.3. The maximum atomic E-state index is 11.5. The summed E-state index contributed by atoms with van der Waals surface area (Å²) in [7, 11) is 0. The largest absolute Gasteiger partial charge is 0.460 e. The van der Waals surface area contributed by atoms with Gasteiger partial charge in [-0.25, -0.2) is 4.79 Å². The first-order chi connectivity index (χ1) is 13.2. The predicted octanol–water partition coefficient (Wildman–Crippen LogP) is 7.12. The fourth-order valence-electron chi connectivity index (χ4n) is 3.35. The number of allylic oxidation sites excluding steroid dienone is 1. The molecule has 0 aliphatic rings. The second-order valence-electron chi connectivity index (χ2n) is 7.84. The lowest BCUT2D eigenvalue weighted by atomic mass is 10.0. The minimum absolute atomic E-state index is 0.0864. The third kappa shape index (κ3) is 19.7. The smallest absolute Gasteiger partial charge is 0.333 e. The van der Waals surface area contributed by atoms with Crippen LogP contribution in [0, 0.1) is 0 Å². The van der Waals surface area contributed by atoms with E-state index in [0.717, 1.165) is 12.8 Å². The summed E-state index contributed by atoms with van der Waals surface area (Å²) in [5.74, 6) is -0.305. The van der Waals surface area contributed by atoms with Gasteiger partial charge in [0.15, 0.2) is 0 Å². The van der Waals surface area contributed by atoms with Crippen molar-refractivity contribution in [2.45, 2.75) is 123 Å². The van der Waals surface area contributed by atoms with Crippen molar-refractivity contribution >= 4 is 5.97 Å². The summed E-state index contributed by atoms with van der Waals surface area (Å²) < 4.78 is 4.88. The molecule has 0 rings (SSSR count). The Hall–Kier alpha value is -0.830. The molecule has 0 aliphatic heterocycles. The van der Waals surface area contributed by atoms with E-state index in [2.05, 4.69) is 6.92 Å². The molecular weight excluding hydrogens is 336 g/mol.